The van der Waals surface area contributed by atoms with Crippen molar-refractivity contribution in [3.63, 3.8) is 0 Å². The zero-order chi connectivity index (χ0) is 14.9. The summed E-state index contributed by atoms with van der Waals surface area (Å²) >= 11 is 0. The average Bonchev–Trinajstić information content (AvgIpc) is 2.93. The maximum atomic E-state index is 4.62. The quantitative estimate of drug-likeness (QED) is 0.800. The van der Waals surface area contributed by atoms with Gasteiger partial charge in [0, 0.05) is 29.9 Å². The van der Waals surface area contributed by atoms with E-state index in [0.717, 1.165) is 28.8 Å². The topological polar surface area (TPSA) is 42.7 Å². The number of rotatable bonds is 3. The van der Waals surface area contributed by atoms with Crippen molar-refractivity contribution in [3.8, 4) is 5.69 Å². The highest BCUT2D eigenvalue weighted by molar-refractivity contribution is 5.80. The summed E-state index contributed by atoms with van der Waals surface area (Å²) in [5.74, 6) is 0. The second kappa shape index (κ2) is 5.30. The lowest BCUT2D eigenvalue weighted by atomic mass is 10.1. The van der Waals surface area contributed by atoms with Gasteiger partial charge < -0.3 is 5.32 Å². The van der Waals surface area contributed by atoms with Gasteiger partial charge >= 0.3 is 0 Å². The molecular weight excluding hydrogens is 260 g/mol. The lowest BCUT2D eigenvalue weighted by Crippen LogP contribution is -2.35. The van der Waals surface area contributed by atoms with Gasteiger partial charge in [0.2, 0.25) is 0 Å². The normalized spacial score (nSPS) is 12.0. The Balaban J connectivity index is 1.84. The molecule has 0 atom stereocenters. The van der Waals surface area contributed by atoms with Crippen LogP contribution in [0, 0.1) is 0 Å². The molecule has 3 aromatic rings. The fourth-order valence-electron chi connectivity index (χ4n) is 2.16. The Bertz CT molecular complexity index is 753. The predicted molar refractivity (Wildman–Crippen MR) is 85.5 cm³/mol. The summed E-state index contributed by atoms with van der Waals surface area (Å²) in [6.45, 7) is 7.23. The van der Waals surface area contributed by atoms with E-state index in [4.69, 9.17) is 0 Å². The standard InChI is InChI=1S/C17H20N4/c1-17(2,3)19-12-14-8-10-21(20-14)15-6-7-16-13(11-15)5-4-9-18-16/h4-11,19H,12H2,1-3H3. The Hall–Kier alpha value is -2.20. The van der Waals surface area contributed by atoms with Gasteiger partial charge in [-0.05, 0) is 51.1 Å². The zero-order valence-electron chi connectivity index (χ0n) is 12.7. The molecule has 0 unspecified atom stereocenters. The molecule has 1 N–H and O–H groups in total. The van der Waals surface area contributed by atoms with E-state index in [2.05, 4.69) is 48.3 Å². The molecule has 0 spiro atoms. The molecule has 0 aliphatic heterocycles. The minimum Gasteiger partial charge on any atom is -0.306 e. The molecule has 1 aromatic carbocycles. The van der Waals surface area contributed by atoms with Crippen LogP contribution in [0.1, 0.15) is 26.5 Å². The van der Waals surface area contributed by atoms with Gasteiger partial charge in [-0.3, -0.25) is 4.98 Å². The molecule has 0 saturated heterocycles. The van der Waals surface area contributed by atoms with Gasteiger partial charge in [-0.2, -0.15) is 5.10 Å². The van der Waals surface area contributed by atoms with Gasteiger partial charge in [0.05, 0.1) is 16.9 Å². The first-order valence-corrected chi connectivity index (χ1v) is 7.16. The third-order valence-electron chi connectivity index (χ3n) is 3.30. The summed E-state index contributed by atoms with van der Waals surface area (Å²) in [7, 11) is 0. The lowest BCUT2D eigenvalue weighted by Gasteiger charge is -2.19. The van der Waals surface area contributed by atoms with Crippen molar-refractivity contribution in [2.24, 2.45) is 0 Å². The van der Waals surface area contributed by atoms with Crippen LogP contribution in [0.4, 0.5) is 0 Å². The molecule has 3 rings (SSSR count). The van der Waals surface area contributed by atoms with Crippen LogP contribution < -0.4 is 5.32 Å². The van der Waals surface area contributed by atoms with E-state index in [0.29, 0.717) is 0 Å². The summed E-state index contributed by atoms with van der Waals surface area (Å²) in [5, 5.41) is 9.20. The Morgan fingerprint density at radius 2 is 2.00 bits per heavy atom. The maximum absolute atomic E-state index is 4.62. The summed E-state index contributed by atoms with van der Waals surface area (Å²) in [6, 6.07) is 12.2. The Labute approximate surface area is 124 Å². The predicted octanol–water partition coefficient (Wildman–Crippen LogP) is 3.31. The van der Waals surface area contributed by atoms with E-state index in [9.17, 15) is 0 Å². The molecule has 0 fully saturated rings. The molecular formula is C17H20N4. The summed E-state index contributed by atoms with van der Waals surface area (Å²) in [5.41, 5.74) is 3.19. The fraction of sp³-hybridized carbons (Fsp3) is 0.294. The highest BCUT2D eigenvalue weighted by atomic mass is 15.3. The molecule has 108 valence electrons. The van der Waals surface area contributed by atoms with Crippen LogP contribution in [0.2, 0.25) is 0 Å². The molecule has 4 heteroatoms. The van der Waals surface area contributed by atoms with Gasteiger partial charge in [0.1, 0.15) is 0 Å². The van der Waals surface area contributed by atoms with Crippen LogP contribution in [0.5, 0.6) is 0 Å². The van der Waals surface area contributed by atoms with Crippen molar-refractivity contribution in [3.05, 3.63) is 54.5 Å². The molecule has 0 aliphatic carbocycles. The first-order valence-electron chi connectivity index (χ1n) is 7.16. The van der Waals surface area contributed by atoms with Crippen molar-refractivity contribution < 1.29 is 0 Å². The molecule has 4 nitrogen and oxygen atoms in total. The minimum absolute atomic E-state index is 0.0956. The largest absolute Gasteiger partial charge is 0.306 e. The molecule has 21 heavy (non-hydrogen) atoms. The van der Waals surface area contributed by atoms with E-state index in [-0.39, 0.29) is 5.54 Å². The Kier molecular flexibility index (Phi) is 3.47. The number of nitrogens with one attached hydrogen (secondary N) is 1. The van der Waals surface area contributed by atoms with E-state index in [1.807, 2.05) is 41.3 Å². The number of aromatic nitrogens is 3. The second-order valence-corrected chi connectivity index (χ2v) is 6.24. The van der Waals surface area contributed by atoms with Crippen molar-refractivity contribution in [2.45, 2.75) is 32.9 Å². The minimum atomic E-state index is 0.0956. The highest BCUT2D eigenvalue weighted by Crippen LogP contribution is 2.16. The molecule has 2 heterocycles. The monoisotopic (exact) mass is 280 g/mol. The molecule has 0 aliphatic rings. The SMILES string of the molecule is CC(C)(C)NCc1ccn(-c2ccc3ncccc3c2)n1. The summed E-state index contributed by atoms with van der Waals surface area (Å²) < 4.78 is 1.91. The van der Waals surface area contributed by atoms with Gasteiger partial charge in [-0.15, -0.1) is 0 Å². The summed E-state index contributed by atoms with van der Waals surface area (Å²) in [4.78, 5) is 4.34. The number of pyridine rings is 1. The van der Waals surface area contributed by atoms with Gasteiger partial charge in [0.15, 0.2) is 0 Å². The van der Waals surface area contributed by atoms with Gasteiger partial charge in [0.25, 0.3) is 0 Å². The smallest absolute Gasteiger partial charge is 0.0767 e. The van der Waals surface area contributed by atoms with Crippen LogP contribution >= 0.6 is 0 Å². The second-order valence-electron chi connectivity index (χ2n) is 6.24. The maximum Gasteiger partial charge on any atom is 0.0767 e. The Morgan fingerprint density at radius 1 is 1.14 bits per heavy atom. The first kappa shape index (κ1) is 13.8. The first-order chi connectivity index (χ1) is 10.0. The van der Waals surface area contributed by atoms with E-state index in [1.165, 1.54) is 0 Å². The molecule has 2 aromatic heterocycles. The van der Waals surface area contributed by atoms with Crippen LogP contribution in [0.15, 0.2) is 48.8 Å². The Morgan fingerprint density at radius 3 is 2.81 bits per heavy atom. The van der Waals surface area contributed by atoms with Gasteiger partial charge in [-0.25, -0.2) is 4.68 Å². The van der Waals surface area contributed by atoms with Crippen LogP contribution in [-0.4, -0.2) is 20.3 Å². The number of fused-ring (bicyclic) bond motifs is 1. The van der Waals surface area contributed by atoms with Crippen molar-refractivity contribution >= 4 is 10.9 Å². The molecule has 0 amide bonds. The number of nitrogens with zero attached hydrogens (tertiary/aromatic N) is 3. The molecule has 0 saturated carbocycles. The number of benzene rings is 1. The average molecular weight is 280 g/mol. The third kappa shape index (κ3) is 3.28. The van der Waals surface area contributed by atoms with Crippen LogP contribution in [0.25, 0.3) is 16.6 Å². The van der Waals surface area contributed by atoms with E-state index < -0.39 is 0 Å². The fourth-order valence-corrected chi connectivity index (χ4v) is 2.16. The van der Waals surface area contributed by atoms with Crippen molar-refractivity contribution in [1.82, 2.24) is 20.1 Å². The number of hydrogen-bond acceptors (Lipinski definition) is 3. The summed E-state index contributed by atoms with van der Waals surface area (Å²) in [6.07, 6.45) is 3.81. The highest BCUT2D eigenvalue weighted by Gasteiger charge is 2.10. The molecule has 0 radical (unpaired) electrons. The van der Waals surface area contributed by atoms with Crippen LogP contribution in [0.3, 0.4) is 0 Å². The van der Waals surface area contributed by atoms with Gasteiger partial charge in [-0.1, -0.05) is 6.07 Å². The van der Waals surface area contributed by atoms with E-state index >= 15 is 0 Å². The van der Waals surface area contributed by atoms with Crippen LogP contribution in [-0.2, 0) is 6.54 Å². The third-order valence-corrected chi connectivity index (χ3v) is 3.30. The van der Waals surface area contributed by atoms with Crippen molar-refractivity contribution in [2.75, 3.05) is 0 Å². The van der Waals surface area contributed by atoms with E-state index in [1.54, 1.807) is 0 Å². The van der Waals surface area contributed by atoms with Crippen molar-refractivity contribution in [1.29, 1.82) is 0 Å². The zero-order valence-corrected chi connectivity index (χ0v) is 12.7. The number of hydrogen-bond donors (Lipinski definition) is 1. The lowest BCUT2D eigenvalue weighted by molar-refractivity contribution is 0.420. The molecule has 0 bridgehead atoms.